The largest absolute Gasteiger partial charge is 0.429 e. The van der Waals surface area contributed by atoms with Gasteiger partial charge < -0.3 is 20.8 Å². The summed E-state index contributed by atoms with van der Waals surface area (Å²) < 4.78 is 95.6. The molecule has 5 N–H and O–H groups in total. The lowest BCUT2D eigenvalue weighted by Crippen LogP contribution is -2.24. The molecule has 4 aromatic rings. The molecule has 17 heteroatoms. The molecule has 4 rings (SSSR count). The van der Waals surface area contributed by atoms with Crippen LogP contribution in [0.2, 0.25) is 0 Å². The van der Waals surface area contributed by atoms with E-state index in [1.54, 1.807) is 5.10 Å². The van der Waals surface area contributed by atoms with Crippen LogP contribution in [0.1, 0.15) is 38.2 Å². The van der Waals surface area contributed by atoms with Crippen molar-refractivity contribution in [2.75, 3.05) is 11.5 Å². The number of halogens is 7. The first kappa shape index (κ1) is 31.8. The standard InChI is InChI=1S/C20H20F4N4O2.C5H4F3N3O/c1-2-3-4-5-7-28-8-6-11-9-12(15(21)16(22)14(11)19(28)29)18-26-10-13(17(25)27-18)30-20(23)24;6-5(7,8)3-2(9)1-10-11-4(3)12/h6,8-10,20H,2-5,7H2,1H3,(H2,25,26,27);1H,(H3,9,11,12). The summed E-state index contributed by atoms with van der Waals surface area (Å²) in [6.07, 6.45) is 2.12. The monoisotopic (exact) mass is 603 g/mol. The zero-order valence-electron chi connectivity index (χ0n) is 21.8. The molecule has 42 heavy (non-hydrogen) atoms. The molecule has 10 nitrogen and oxygen atoms in total. The van der Waals surface area contributed by atoms with Crippen LogP contribution in [0.3, 0.4) is 0 Å². The summed E-state index contributed by atoms with van der Waals surface area (Å²) in [7, 11) is 0. The van der Waals surface area contributed by atoms with Crippen LogP contribution in [0.4, 0.5) is 42.2 Å². The number of fused-ring (bicyclic) bond motifs is 1. The number of hydrogen-bond acceptors (Lipinski definition) is 8. The fourth-order valence-corrected chi connectivity index (χ4v) is 3.83. The number of alkyl halides is 5. The minimum Gasteiger partial charge on any atom is -0.429 e. The third kappa shape index (κ3) is 7.32. The van der Waals surface area contributed by atoms with Crippen molar-refractivity contribution in [3.63, 3.8) is 0 Å². The Bertz CT molecular complexity index is 1670. The van der Waals surface area contributed by atoms with Crippen molar-refractivity contribution in [2.24, 2.45) is 0 Å². The Kier molecular flexibility index (Phi) is 10.1. The first-order chi connectivity index (χ1) is 19.8. The summed E-state index contributed by atoms with van der Waals surface area (Å²) in [5.74, 6) is -3.92. The third-order valence-corrected chi connectivity index (χ3v) is 5.81. The minimum atomic E-state index is -4.74. The van der Waals surface area contributed by atoms with Crippen molar-refractivity contribution in [2.45, 2.75) is 51.9 Å². The summed E-state index contributed by atoms with van der Waals surface area (Å²) in [6, 6.07) is 2.72. The van der Waals surface area contributed by atoms with Crippen LogP contribution in [0.5, 0.6) is 5.75 Å². The number of pyridine rings is 1. The van der Waals surface area contributed by atoms with E-state index in [9.17, 15) is 40.3 Å². The molecule has 226 valence electrons. The van der Waals surface area contributed by atoms with Crippen molar-refractivity contribution >= 4 is 22.3 Å². The maximum atomic E-state index is 14.8. The number of rotatable bonds is 8. The molecule has 0 aliphatic heterocycles. The van der Waals surface area contributed by atoms with Gasteiger partial charge in [0.05, 0.1) is 29.0 Å². The molecule has 0 spiro atoms. The van der Waals surface area contributed by atoms with E-state index in [0.717, 1.165) is 38.1 Å². The highest BCUT2D eigenvalue weighted by Gasteiger charge is 2.36. The lowest BCUT2D eigenvalue weighted by molar-refractivity contribution is -0.138. The predicted molar refractivity (Wildman–Crippen MR) is 139 cm³/mol. The number of unbranched alkanes of at least 4 members (excludes halogenated alkanes) is 3. The number of nitrogens with zero attached hydrogens (tertiary/aromatic N) is 4. The Morgan fingerprint density at radius 3 is 2.36 bits per heavy atom. The highest BCUT2D eigenvalue weighted by atomic mass is 19.4. The van der Waals surface area contributed by atoms with Crippen LogP contribution in [0.15, 0.2) is 40.3 Å². The van der Waals surface area contributed by atoms with Crippen LogP contribution in [-0.2, 0) is 12.7 Å². The Hall–Kier alpha value is -4.70. The Labute approximate surface area is 232 Å². The van der Waals surface area contributed by atoms with E-state index >= 15 is 0 Å². The second-order valence-corrected chi connectivity index (χ2v) is 8.74. The number of anilines is 2. The van der Waals surface area contributed by atoms with Crippen LogP contribution in [0, 0.1) is 11.6 Å². The third-order valence-electron chi connectivity index (χ3n) is 5.81. The van der Waals surface area contributed by atoms with Crippen molar-refractivity contribution < 1.29 is 35.5 Å². The predicted octanol–water partition coefficient (Wildman–Crippen LogP) is 4.87. The van der Waals surface area contributed by atoms with E-state index in [1.165, 1.54) is 22.9 Å². The number of aromatic amines is 1. The van der Waals surface area contributed by atoms with Gasteiger partial charge in [-0.25, -0.2) is 23.8 Å². The van der Waals surface area contributed by atoms with E-state index in [1.807, 2.05) is 0 Å². The molecule has 0 bridgehead atoms. The molecule has 1 aromatic carbocycles. The molecule has 0 fully saturated rings. The van der Waals surface area contributed by atoms with Gasteiger partial charge in [-0.05, 0) is 23.9 Å². The summed E-state index contributed by atoms with van der Waals surface area (Å²) in [6.45, 7) is -0.668. The van der Waals surface area contributed by atoms with Gasteiger partial charge in [-0.2, -0.15) is 27.1 Å². The first-order valence-electron chi connectivity index (χ1n) is 12.2. The normalized spacial score (nSPS) is 11.5. The zero-order valence-corrected chi connectivity index (χ0v) is 21.8. The maximum absolute atomic E-state index is 14.8. The lowest BCUT2D eigenvalue weighted by Gasteiger charge is -2.11. The fraction of sp³-hybridized carbons (Fsp3) is 0.320. The first-order valence-corrected chi connectivity index (χ1v) is 12.2. The summed E-state index contributed by atoms with van der Waals surface area (Å²) in [4.78, 5) is 30.7. The summed E-state index contributed by atoms with van der Waals surface area (Å²) in [5.41, 5.74) is 6.05. The smallest absolute Gasteiger partial charge is 0.423 e. The van der Waals surface area contributed by atoms with E-state index < -0.39 is 58.4 Å². The van der Waals surface area contributed by atoms with Crippen LogP contribution in [-0.4, -0.2) is 31.3 Å². The van der Waals surface area contributed by atoms with Gasteiger partial charge in [0.25, 0.3) is 11.1 Å². The van der Waals surface area contributed by atoms with Crippen molar-refractivity contribution in [1.82, 2.24) is 24.7 Å². The molecule has 0 aliphatic rings. The van der Waals surface area contributed by atoms with Crippen molar-refractivity contribution in [3.8, 4) is 17.1 Å². The number of nitrogens with one attached hydrogen (secondary N) is 1. The molecule has 3 aromatic heterocycles. The SMILES string of the molecule is CCCCCCn1ccc2cc(-c3ncc(OC(F)F)c(N)n3)c(F)c(F)c2c1=O.Nc1cn[nH]c(=O)c1C(F)(F)F. The summed E-state index contributed by atoms with van der Waals surface area (Å²) in [5, 5.41) is 4.52. The number of nitrogen functional groups attached to an aromatic ring is 2. The number of H-pyrrole nitrogens is 1. The van der Waals surface area contributed by atoms with Gasteiger partial charge in [0.1, 0.15) is 5.56 Å². The molecule has 0 saturated heterocycles. The van der Waals surface area contributed by atoms with Gasteiger partial charge in [-0.15, -0.1) is 0 Å². The van der Waals surface area contributed by atoms with Gasteiger partial charge >= 0.3 is 12.8 Å². The molecule has 0 saturated carbocycles. The second-order valence-electron chi connectivity index (χ2n) is 8.74. The van der Waals surface area contributed by atoms with Crippen LogP contribution < -0.4 is 27.3 Å². The van der Waals surface area contributed by atoms with Gasteiger partial charge in [0.2, 0.25) is 0 Å². The molecule has 3 heterocycles. The van der Waals surface area contributed by atoms with Gasteiger partial charge in [-0.1, -0.05) is 26.2 Å². The van der Waals surface area contributed by atoms with E-state index in [4.69, 9.17) is 11.5 Å². The molecule has 0 radical (unpaired) electrons. The van der Waals surface area contributed by atoms with Gasteiger partial charge in [0, 0.05) is 12.7 Å². The Morgan fingerprint density at radius 2 is 1.79 bits per heavy atom. The van der Waals surface area contributed by atoms with Crippen LogP contribution >= 0.6 is 0 Å². The molecule has 0 unspecified atom stereocenters. The highest BCUT2D eigenvalue weighted by Crippen LogP contribution is 2.31. The zero-order chi connectivity index (χ0) is 31.2. The lowest BCUT2D eigenvalue weighted by atomic mass is 10.1. The number of benzene rings is 1. The number of ether oxygens (including phenoxy) is 1. The summed E-state index contributed by atoms with van der Waals surface area (Å²) >= 11 is 0. The Balaban J connectivity index is 0.000000337. The number of aromatic nitrogens is 5. The second kappa shape index (κ2) is 13.3. The fourth-order valence-electron chi connectivity index (χ4n) is 3.83. The topological polar surface area (TPSA) is 155 Å². The van der Waals surface area contributed by atoms with E-state index in [-0.39, 0.29) is 22.2 Å². The molecular weight excluding hydrogens is 579 g/mol. The molecule has 0 aliphatic carbocycles. The van der Waals surface area contributed by atoms with Gasteiger partial charge in [-0.3, -0.25) is 9.59 Å². The quantitative estimate of drug-likeness (QED) is 0.190. The minimum absolute atomic E-state index is 0.161. The van der Waals surface area contributed by atoms with E-state index in [0.29, 0.717) is 6.54 Å². The number of nitrogens with two attached hydrogens (primary N) is 2. The van der Waals surface area contributed by atoms with Crippen molar-refractivity contribution in [3.05, 3.63) is 68.6 Å². The average Bonchev–Trinajstić information content (AvgIpc) is 2.90. The number of hydrogen-bond donors (Lipinski definition) is 3. The highest BCUT2D eigenvalue weighted by molar-refractivity contribution is 5.86. The van der Waals surface area contributed by atoms with Crippen molar-refractivity contribution in [1.29, 1.82) is 0 Å². The molecular formula is C25H24F7N7O3. The van der Waals surface area contributed by atoms with E-state index in [2.05, 4.69) is 26.7 Å². The van der Waals surface area contributed by atoms with Gasteiger partial charge in [0.15, 0.2) is 29.0 Å². The molecule has 0 amide bonds. The average molecular weight is 603 g/mol. The van der Waals surface area contributed by atoms with Crippen LogP contribution in [0.25, 0.3) is 22.2 Å². The maximum Gasteiger partial charge on any atom is 0.423 e. The Morgan fingerprint density at radius 1 is 1.07 bits per heavy atom. The molecule has 0 atom stereocenters. The number of aryl methyl sites for hydroxylation is 1.